The molecule has 3 rings (SSSR count). The molecular weight excluding hydrogens is 366 g/mol. The van der Waals surface area contributed by atoms with Gasteiger partial charge >= 0.3 is 5.97 Å². The van der Waals surface area contributed by atoms with Crippen LogP contribution < -0.4 is 0 Å². The Morgan fingerprint density at radius 1 is 1.22 bits per heavy atom. The number of benzene rings is 1. The van der Waals surface area contributed by atoms with Crippen molar-refractivity contribution in [3.8, 4) is 11.5 Å². The van der Waals surface area contributed by atoms with Crippen LogP contribution in [0.1, 0.15) is 24.0 Å². The number of esters is 1. The van der Waals surface area contributed by atoms with Crippen LogP contribution in [0.5, 0.6) is 0 Å². The van der Waals surface area contributed by atoms with Crippen molar-refractivity contribution in [2.45, 2.75) is 31.9 Å². The molecule has 1 aromatic heterocycles. The number of aromatic nitrogens is 2. The molecule has 27 heavy (non-hydrogen) atoms. The van der Waals surface area contributed by atoms with E-state index in [1.807, 2.05) is 32.0 Å². The van der Waals surface area contributed by atoms with Crippen molar-refractivity contribution < 1.29 is 18.7 Å². The van der Waals surface area contributed by atoms with Gasteiger partial charge in [-0.2, -0.15) is 0 Å². The Morgan fingerprint density at radius 2 is 1.96 bits per heavy atom. The zero-order valence-electron chi connectivity index (χ0n) is 15.7. The molecule has 0 aliphatic carbocycles. The molecule has 0 unspecified atom stereocenters. The Balaban J connectivity index is 1.52. The maximum atomic E-state index is 12.4. The van der Waals surface area contributed by atoms with Gasteiger partial charge < -0.3 is 14.1 Å². The number of carbonyl (C=O) groups is 2. The number of amides is 1. The van der Waals surface area contributed by atoms with Crippen LogP contribution in [0.2, 0.25) is 0 Å². The average Bonchev–Trinajstić information content (AvgIpc) is 3.16. The van der Waals surface area contributed by atoms with Crippen LogP contribution >= 0.6 is 11.8 Å². The van der Waals surface area contributed by atoms with E-state index in [1.54, 1.807) is 4.90 Å². The smallest absolute Gasteiger partial charge is 0.308 e. The lowest BCUT2D eigenvalue weighted by molar-refractivity contribution is -0.148. The van der Waals surface area contributed by atoms with Gasteiger partial charge in [0.15, 0.2) is 0 Å². The van der Waals surface area contributed by atoms with Crippen molar-refractivity contribution in [3.63, 3.8) is 0 Å². The predicted molar refractivity (Wildman–Crippen MR) is 101 cm³/mol. The minimum Gasteiger partial charge on any atom is -0.469 e. The number of hydrogen-bond acceptors (Lipinski definition) is 7. The summed E-state index contributed by atoms with van der Waals surface area (Å²) in [5.74, 6) is 0.392. The first-order valence-electron chi connectivity index (χ1n) is 8.87. The number of carbonyl (C=O) groups excluding carboxylic acids is 2. The van der Waals surface area contributed by atoms with Crippen molar-refractivity contribution in [2.75, 3.05) is 26.0 Å². The third-order valence-corrected chi connectivity index (χ3v) is 5.66. The fraction of sp³-hybridized carbons (Fsp3) is 0.474. The average molecular weight is 389 g/mol. The van der Waals surface area contributed by atoms with Gasteiger partial charge in [0.05, 0.1) is 18.8 Å². The molecular formula is C19H23N3O4S. The van der Waals surface area contributed by atoms with E-state index in [0.717, 1.165) is 11.1 Å². The topological polar surface area (TPSA) is 85.5 Å². The summed E-state index contributed by atoms with van der Waals surface area (Å²) in [5, 5.41) is 8.47. The second-order valence-electron chi connectivity index (χ2n) is 6.64. The van der Waals surface area contributed by atoms with Crippen LogP contribution in [0.4, 0.5) is 0 Å². The second-order valence-corrected chi connectivity index (χ2v) is 7.57. The molecule has 0 bridgehead atoms. The number of rotatable bonds is 5. The normalized spacial score (nSPS) is 15.0. The summed E-state index contributed by atoms with van der Waals surface area (Å²) in [6.07, 6.45) is 1.28. The Morgan fingerprint density at radius 3 is 2.63 bits per heavy atom. The zero-order chi connectivity index (χ0) is 19.4. The van der Waals surface area contributed by atoms with Gasteiger partial charge in [0.1, 0.15) is 0 Å². The fourth-order valence-electron chi connectivity index (χ4n) is 3.01. The van der Waals surface area contributed by atoms with Crippen LogP contribution in [0.25, 0.3) is 11.5 Å². The first-order chi connectivity index (χ1) is 13.0. The lowest BCUT2D eigenvalue weighted by Gasteiger charge is -2.30. The Bertz CT molecular complexity index is 828. The molecule has 7 nitrogen and oxygen atoms in total. The monoisotopic (exact) mass is 389 g/mol. The number of hydrogen-bond donors (Lipinski definition) is 0. The summed E-state index contributed by atoms with van der Waals surface area (Å²) in [5.41, 5.74) is 3.23. The van der Waals surface area contributed by atoms with E-state index in [0.29, 0.717) is 37.0 Å². The lowest BCUT2D eigenvalue weighted by Crippen LogP contribution is -2.41. The largest absolute Gasteiger partial charge is 0.469 e. The highest BCUT2D eigenvalue weighted by atomic mass is 32.2. The van der Waals surface area contributed by atoms with E-state index in [1.165, 1.54) is 24.4 Å². The molecule has 0 N–H and O–H groups in total. The zero-order valence-corrected chi connectivity index (χ0v) is 16.5. The first-order valence-corrected chi connectivity index (χ1v) is 9.86. The number of nitrogens with zero attached hydrogens (tertiary/aromatic N) is 3. The van der Waals surface area contributed by atoms with E-state index in [-0.39, 0.29) is 23.5 Å². The first kappa shape index (κ1) is 19.4. The van der Waals surface area contributed by atoms with Crippen molar-refractivity contribution in [1.82, 2.24) is 15.1 Å². The number of aryl methyl sites for hydroxylation is 2. The number of methoxy groups -OCH3 is 1. The van der Waals surface area contributed by atoms with E-state index in [9.17, 15) is 9.59 Å². The van der Waals surface area contributed by atoms with Crippen molar-refractivity contribution in [3.05, 3.63) is 29.3 Å². The Labute approximate surface area is 162 Å². The molecule has 1 saturated heterocycles. The minimum absolute atomic E-state index is 0.00856. The van der Waals surface area contributed by atoms with Crippen LogP contribution in [-0.4, -0.2) is 52.9 Å². The van der Waals surface area contributed by atoms with E-state index >= 15 is 0 Å². The molecule has 0 atom stereocenters. The highest BCUT2D eigenvalue weighted by Gasteiger charge is 2.28. The third-order valence-electron chi connectivity index (χ3n) is 4.86. The summed E-state index contributed by atoms with van der Waals surface area (Å²) in [6.45, 7) is 5.22. The molecule has 0 spiro atoms. The van der Waals surface area contributed by atoms with E-state index in [2.05, 4.69) is 10.2 Å². The van der Waals surface area contributed by atoms with Gasteiger partial charge in [0, 0.05) is 18.7 Å². The van der Waals surface area contributed by atoms with Crippen molar-refractivity contribution >= 4 is 23.6 Å². The number of ether oxygens (including phenoxy) is 1. The lowest BCUT2D eigenvalue weighted by atomic mass is 9.97. The molecule has 2 aromatic rings. The highest BCUT2D eigenvalue weighted by molar-refractivity contribution is 7.99. The summed E-state index contributed by atoms with van der Waals surface area (Å²) in [7, 11) is 1.40. The standard InChI is InChI=1S/C19H23N3O4S/c1-12-4-5-15(10-13(12)2)17-20-21-19(26-17)27-11-16(23)22-8-6-14(7-9-22)18(24)25-3/h4-5,10,14H,6-9,11H2,1-3H3. The fourth-order valence-corrected chi connectivity index (χ4v) is 3.67. The number of likely N-dealkylation sites (tertiary alicyclic amines) is 1. The van der Waals surface area contributed by atoms with Crippen LogP contribution in [0.3, 0.4) is 0 Å². The molecule has 2 heterocycles. The molecule has 1 fully saturated rings. The molecule has 0 saturated carbocycles. The molecule has 8 heteroatoms. The van der Waals surface area contributed by atoms with Gasteiger partial charge in [-0.25, -0.2) is 0 Å². The summed E-state index contributed by atoms with van der Waals surface area (Å²) < 4.78 is 10.4. The molecule has 1 aliphatic rings. The second kappa shape index (κ2) is 8.56. The Hall–Kier alpha value is -2.35. The number of piperidine rings is 1. The Kier molecular flexibility index (Phi) is 6.15. The molecule has 1 amide bonds. The molecule has 144 valence electrons. The molecule has 0 radical (unpaired) electrons. The predicted octanol–water partition coefficient (Wildman–Crippen LogP) is 2.86. The minimum atomic E-state index is -0.193. The van der Waals surface area contributed by atoms with Crippen molar-refractivity contribution in [1.29, 1.82) is 0 Å². The van der Waals surface area contributed by atoms with Gasteiger partial charge in [0.25, 0.3) is 5.22 Å². The van der Waals surface area contributed by atoms with Crippen molar-refractivity contribution in [2.24, 2.45) is 5.92 Å². The molecule has 1 aromatic carbocycles. The van der Waals surface area contributed by atoms with Crippen LogP contribution in [0.15, 0.2) is 27.8 Å². The SMILES string of the molecule is COC(=O)C1CCN(C(=O)CSc2nnc(-c3ccc(C)c(C)c3)o2)CC1. The van der Waals surface area contributed by atoms with E-state index in [4.69, 9.17) is 9.15 Å². The quantitative estimate of drug-likeness (QED) is 0.574. The van der Waals surface area contributed by atoms with E-state index < -0.39 is 0 Å². The van der Waals surface area contributed by atoms with Gasteiger partial charge in [-0.05, 0) is 49.9 Å². The summed E-state index contributed by atoms with van der Waals surface area (Å²) in [4.78, 5) is 25.7. The summed E-state index contributed by atoms with van der Waals surface area (Å²) >= 11 is 1.23. The molecule has 1 aliphatic heterocycles. The highest BCUT2D eigenvalue weighted by Crippen LogP contribution is 2.25. The van der Waals surface area contributed by atoms with Crippen LogP contribution in [-0.2, 0) is 14.3 Å². The van der Waals surface area contributed by atoms with Gasteiger partial charge in [-0.15, -0.1) is 10.2 Å². The third kappa shape index (κ3) is 4.68. The number of thioether (sulfide) groups is 1. The van der Waals surface area contributed by atoms with Crippen LogP contribution in [0, 0.1) is 19.8 Å². The summed E-state index contributed by atoms with van der Waals surface area (Å²) in [6, 6.07) is 5.97. The maximum Gasteiger partial charge on any atom is 0.308 e. The maximum absolute atomic E-state index is 12.4. The van der Waals surface area contributed by atoms with Gasteiger partial charge in [0.2, 0.25) is 11.8 Å². The van der Waals surface area contributed by atoms with Gasteiger partial charge in [-0.3, -0.25) is 9.59 Å². The van der Waals surface area contributed by atoms with Gasteiger partial charge in [-0.1, -0.05) is 17.8 Å².